The third-order valence-electron chi connectivity index (χ3n) is 4.73. The van der Waals surface area contributed by atoms with Crippen molar-refractivity contribution in [2.24, 2.45) is 0 Å². The van der Waals surface area contributed by atoms with Crippen LogP contribution < -0.4 is 14.4 Å². The molecule has 3 rings (SSSR count). The summed E-state index contributed by atoms with van der Waals surface area (Å²) in [5.41, 5.74) is 0.736. The van der Waals surface area contributed by atoms with Gasteiger partial charge in [0, 0.05) is 44.7 Å². The topological polar surface area (TPSA) is 59.1 Å². The maximum Gasteiger partial charge on any atom is 0.224 e. The molecular weight excluding hydrogens is 320 g/mol. The molecule has 1 aromatic carbocycles. The second-order valence-corrected chi connectivity index (χ2v) is 6.54. The Labute approximate surface area is 148 Å². The Hall–Kier alpha value is -2.24. The van der Waals surface area contributed by atoms with Gasteiger partial charge < -0.3 is 19.3 Å². The lowest BCUT2D eigenvalue weighted by molar-refractivity contribution is -0.131. The molecule has 2 amide bonds. The van der Waals surface area contributed by atoms with Crippen molar-refractivity contribution in [2.75, 3.05) is 37.7 Å². The van der Waals surface area contributed by atoms with E-state index in [1.807, 2.05) is 23.1 Å². The molecular formula is C19H26N2O4. The van der Waals surface area contributed by atoms with Crippen LogP contribution in [0, 0.1) is 0 Å². The van der Waals surface area contributed by atoms with Crippen LogP contribution in [0.3, 0.4) is 0 Å². The van der Waals surface area contributed by atoms with Gasteiger partial charge in [0.15, 0.2) is 11.5 Å². The largest absolute Gasteiger partial charge is 0.486 e. The Kier molecular flexibility index (Phi) is 5.79. The van der Waals surface area contributed by atoms with E-state index < -0.39 is 0 Å². The lowest BCUT2D eigenvalue weighted by atomic mass is 10.2. The minimum absolute atomic E-state index is 0.0830. The van der Waals surface area contributed by atoms with Crippen molar-refractivity contribution >= 4 is 17.5 Å². The lowest BCUT2D eigenvalue weighted by Crippen LogP contribution is -2.37. The second-order valence-electron chi connectivity index (χ2n) is 6.54. The highest BCUT2D eigenvalue weighted by molar-refractivity contribution is 5.92. The molecule has 0 unspecified atom stereocenters. The van der Waals surface area contributed by atoms with Crippen LogP contribution in [0.5, 0.6) is 11.5 Å². The Morgan fingerprint density at radius 2 is 1.72 bits per heavy atom. The summed E-state index contributed by atoms with van der Waals surface area (Å²) in [6.45, 7) is 4.61. The molecule has 1 saturated heterocycles. The predicted molar refractivity (Wildman–Crippen MR) is 95.1 cm³/mol. The number of rotatable bonds is 4. The van der Waals surface area contributed by atoms with Crippen molar-refractivity contribution < 1.29 is 19.1 Å². The number of likely N-dealkylation sites (tertiary alicyclic amines) is 1. The van der Waals surface area contributed by atoms with Crippen LogP contribution in [-0.2, 0) is 9.59 Å². The summed E-state index contributed by atoms with van der Waals surface area (Å²) in [6.07, 6.45) is 4.88. The van der Waals surface area contributed by atoms with Crippen molar-refractivity contribution in [3.8, 4) is 11.5 Å². The van der Waals surface area contributed by atoms with Crippen LogP contribution in [0.4, 0.5) is 5.69 Å². The molecule has 1 aromatic rings. The zero-order valence-corrected chi connectivity index (χ0v) is 14.8. The van der Waals surface area contributed by atoms with Crippen molar-refractivity contribution in [3.05, 3.63) is 18.2 Å². The molecule has 0 spiro atoms. The van der Waals surface area contributed by atoms with Gasteiger partial charge in [-0.2, -0.15) is 0 Å². The molecule has 2 heterocycles. The number of nitrogens with zero attached hydrogens (tertiary/aromatic N) is 2. The van der Waals surface area contributed by atoms with E-state index in [1.54, 1.807) is 4.90 Å². The van der Waals surface area contributed by atoms with Crippen LogP contribution in [-0.4, -0.2) is 49.6 Å². The molecule has 0 saturated carbocycles. The number of hydrogen-bond acceptors (Lipinski definition) is 4. The highest BCUT2D eigenvalue weighted by atomic mass is 16.6. The number of fused-ring (bicyclic) bond motifs is 1. The van der Waals surface area contributed by atoms with E-state index in [-0.39, 0.29) is 11.8 Å². The second kappa shape index (κ2) is 8.23. The summed E-state index contributed by atoms with van der Waals surface area (Å²) in [4.78, 5) is 28.1. The highest BCUT2D eigenvalue weighted by Crippen LogP contribution is 2.34. The summed E-state index contributed by atoms with van der Waals surface area (Å²) in [5, 5.41) is 0. The molecule has 0 atom stereocenters. The highest BCUT2D eigenvalue weighted by Gasteiger charge is 2.20. The Morgan fingerprint density at radius 3 is 2.40 bits per heavy atom. The van der Waals surface area contributed by atoms with Gasteiger partial charge in [-0.15, -0.1) is 0 Å². The quantitative estimate of drug-likeness (QED) is 0.841. The minimum atomic E-state index is -0.0830. The monoisotopic (exact) mass is 346 g/mol. The van der Waals surface area contributed by atoms with Gasteiger partial charge in [-0.25, -0.2) is 0 Å². The molecule has 0 aliphatic carbocycles. The van der Waals surface area contributed by atoms with E-state index in [9.17, 15) is 9.59 Å². The molecule has 2 aliphatic rings. The van der Waals surface area contributed by atoms with Gasteiger partial charge in [-0.1, -0.05) is 12.8 Å². The summed E-state index contributed by atoms with van der Waals surface area (Å²) < 4.78 is 11.1. The Balaban J connectivity index is 1.65. The van der Waals surface area contributed by atoms with Crippen LogP contribution in [0.15, 0.2) is 18.2 Å². The van der Waals surface area contributed by atoms with Crippen molar-refractivity contribution in [1.82, 2.24) is 4.90 Å². The van der Waals surface area contributed by atoms with E-state index in [0.29, 0.717) is 37.7 Å². The third kappa shape index (κ3) is 4.44. The van der Waals surface area contributed by atoms with Gasteiger partial charge in [0.1, 0.15) is 13.2 Å². The molecule has 25 heavy (non-hydrogen) atoms. The predicted octanol–water partition coefficient (Wildman–Crippen LogP) is 2.60. The molecule has 2 aliphatic heterocycles. The van der Waals surface area contributed by atoms with Crippen molar-refractivity contribution in [2.45, 2.75) is 39.0 Å². The van der Waals surface area contributed by atoms with E-state index in [0.717, 1.165) is 31.6 Å². The Bertz CT molecular complexity index is 624. The van der Waals surface area contributed by atoms with Crippen LogP contribution >= 0.6 is 0 Å². The van der Waals surface area contributed by atoms with Crippen LogP contribution in [0.25, 0.3) is 0 Å². The number of benzene rings is 1. The number of ether oxygens (including phenoxy) is 2. The molecule has 1 fully saturated rings. The van der Waals surface area contributed by atoms with Gasteiger partial charge >= 0.3 is 0 Å². The van der Waals surface area contributed by atoms with E-state index in [4.69, 9.17) is 9.47 Å². The molecule has 0 N–H and O–H groups in total. The van der Waals surface area contributed by atoms with Gasteiger partial charge in [0.25, 0.3) is 0 Å². The van der Waals surface area contributed by atoms with E-state index >= 15 is 0 Å². The van der Waals surface area contributed by atoms with Gasteiger partial charge in [-0.3, -0.25) is 9.59 Å². The average Bonchev–Trinajstić information content (AvgIpc) is 2.91. The molecule has 6 nitrogen and oxygen atoms in total. The zero-order valence-electron chi connectivity index (χ0n) is 14.8. The van der Waals surface area contributed by atoms with E-state index in [1.165, 1.54) is 19.8 Å². The normalized spacial score (nSPS) is 16.9. The standard InChI is InChI=1S/C19H26N2O4/c1-15(22)21(11-8-19(23)20-9-4-2-3-5-10-20)16-6-7-17-18(14-16)25-13-12-24-17/h6-7,14H,2-5,8-13H2,1H3. The van der Waals surface area contributed by atoms with Gasteiger partial charge in [-0.05, 0) is 25.0 Å². The van der Waals surface area contributed by atoms with E-state index in [2.05, 4.69) is 0 Å². The van der Waals surface area contributed by atoms with Gasteiger partial charge in [0.2, 0.25) is 11.8 Å². The summed E-state index contributed by atoms with van der Waals surface area (Å²) in [7, 11) is 0. The summed E-state index contributed by atoms with van der Waals surface area (Å²) in [5.74, 6) is 1.39. The first kappa shape index (κ1) is 17.6. The number of carbonyl (C=O) groups excluding carboxylic acids is 2. The third-order valence-corrected chi connectivity index (χ3v) is 4.73. The molecule has 0 aromatic heterocycles. The number of hydrogen-bond donors (Lipinski definition) is 0. The summed E-state index contributed by atoms with van der Waals surface area (Å²) >= 11 is 0. The summed E-state index contributed by atoms with van der Waals surface area (Å²) in [6, 6.07) is 5.47. The maximum atomic E-state index is 12.5. The zero-order chi connectivity index (χ0) is 17.6. The smallest absolute Gasteiger partial charge is 0.224 e. The van der Waals surface area contributed by atoms with Crippen LogP contribution in [0.1, 0.15) is 39.0 Å². The molecule has 0 radical (unpaired) electrons. The first-order chi connectivity index (χ1) is 12.1. The minimum Gasteiger partial charge on any atom is -0.486 e. The van der Waals surface area contributed by atoms with Gasteiger partial charge in [0.05, 0.1) is 0 Å². The number of carbonyl (C=O) groups is 2. The SMILES string of the molecule is CC(=O)N(CCC(=O)N1CCCCCC1)c1ccc2c(c1)OCCO2. The molecule has 136 valence electrons. The first-order valence-electron chi connectivity index (χ1n) is 9.10. The first-order valence-corrected chi connectivity index (χ1v) is 9.10. The number of amides is 2. The maximum absolute atomic E-state index is 12.5. The fourth-order valence-electron chi connectivity index (χ4n) is 3.35. The average molecular weight is 346 g/mol. The lowest BCUT2D eigenvalue weighted by Gasteiger charge is -2.26. The molecule has 6 heteroatoms. The van der Waals surface area contributed by atoms with Crippen LogP contribution in [0.2, 0.25) is 0 Å². The van der Waals surface area contributed by atoms with Crippen molar-refractivity contribution in [3.63, 3.8) is 0 Å². The Morgan fingerprint density at radius 1 is 1.04 bits per heavy atom. The fraction of sp³-hybridized carbons (Fsp3) is 0.579. The van der Waals surface area contributed by atoms with Crippen molar-refractivity contribution in [1.29, 1.82) is 0 Å². The molecule has 0 bridgehead atoms. The number of anilines is 1. The fourth-order valence-corrected chi connectivity index (χ4v) is 3.35.